The number of hydrogen-bond acceptors (Lipinski definition) is 1. The molecule has 13 heavy (non-hydrogen) atoms. The third-order valence-corrected chi connectivity index (χ3v) is 3.98. The maximum atomic E-state index is 3.50. The van der Waals surface area contributed by atoms with Crippen molar-refractivity contribution in [2.75, 3.05) is 13.1 Å². The largest absolute Gasteiger partial charge is 0.316 e. The summed E-state index contributed by atoms with van der Waals surface area (Å²) < 4.78 is 0. The number of hydrogen-bond donors (Lipinski definition) is 1. The van der Waals surface area contributed by atoms with Crippen molar-refractivity contribution in [3.05, 3.63) is 0 Å². The first-order valence-corrected chi connectivity index (χ1v) is 5.96. The topological polar surface area (TPSA) is 12.0 Å². The fourth-order valence-corrected chi connectivity index (χ4v) is 3.47. The number of nitrogens with one attached hydrogen (secondary N) is 1. The fourth-order valence-electron chi connectivity index (χ4n) is 3.47. The molecule has 0 aromatic heterocycles. The Morgan fingerprint density at radius 1 is 0.923 bits per heavy atom. The molecule has 1 nitrogen and oxygen atoms in total. The first kappa shape index (κ1) is 9.51. The summed E-state index contributed by atoms with van der Waals surface area (Å²) in [7, 11) is 0. The van der Waals surface area contributed by atoms with E-state index in [1.165, 1.54) is 38.8 Å². The summed E-state index contributed by atoms with van der Waals surface area (Å²) in [5, 5.41) is 3.50. The van der Waals surface area contributed by atoms with Gasteiger partial charge >= 0.3 is 0 Å². The highest BCUT2D eigenvalue weighted by Crippen LogP contribution is 2.38. The van der Waals surface area contributed by atoms with E-state index in [9.17, 15) is 0 Å². The first-order chi connectivity index (χ1) is 6.25. The van der Waals surface area contributed by atoms with Crippen molar-refractivity contribution < 1.29 is 0 Å². The van der Waals surface area contributed by atoms with E-state index < -0.39 is 0 Å². The minimum Gasteiger partial charge on any atom is -0.316 e. The second-order valence-corrected chi connectivity index (χ2v) is 5.43. The van der Waals surface area contributed by atoms with Crippen LogP contribution in [0.25, 0.3) is 0 Å². The Morgan fingerprint density at radius 2 is 1.62 bits per heavy atom. The zero-order valence-electron chi connectivity index (χ0n) is 9.05. The Kier molecular flexibility index (Phi) is 2.92. The SMILES string of the molecule is CC1CC(C)CC(C2CCNC2)C1. The molecule has 3 unspecified atom stereocenters. The van der Waals surface area contributed by atoms with Crippen molar-refractivity contribution in [1.82, 2.24) is 5.32 Å². The lowest BCUT2D eigenvalue weighted by Gasteiger charge is -2.34. The van der Waals surface area contributed by atoms with Gasteiger partial charge in [0.15, 0.2) is 0 Å². The van der Waals surface area contributed by atoms with Crippen molar-refractivity contribution in [2.45, 2.75) is 39.5 Å². The molecule has 1 aliphatic carbocycles. The Morgan fingerprint density at radius 3 is 2.15 bits per heavy atom. The van der Waals surface area contributed by atoms with Crippen LogP contribution in [0.5, 0.6) is 0 Å². The smallest absolute Gasteiger partial charge is 0.00174 e. The van der Waals surface area contributed by atoms with Crippen molar-refractivity contribution >= 4 is 0 Å². The van der Waals surface area contributed by atoms with E-state index in [0.29, 0.717) is 0 Å². The summed E-state index contributed by atoms with van der Waals surface area (Å²) in [6, 6.07) is 0. The lowest BCUT2D eigenvalue weighted by molar-refractivity contribution is 0.168. The van der Waals surface area contributed by atoms with E-state index in [1.54, 1.807) is 0 Å². The van der Waals surface area contributed by atoms with Crippen LogP contribution in [0.4, 0.5) is 0 Å². The van der Waals surface area contributed by atoms with Gasteiger partial charge in [-0.2, -0.15) is 0 Å². The molecule has 2 fully saturated rings. The molecule has 1 N–H and O–H groups in total. The van der Waals surface area contributed by atoms with Gasteiger partial charge in [0.2, 0.25) is 0 Å². The van der Waals surface area contributed by atoms with E-state index >= 15 is 0 Å². The van der Waals surface area contributed by atoms with E-state index in [4.69, 9.17) is 0 Å². The maximum absolute atomic E-state index is 3.50. The highest BCUT2D eigenvalue weighted by molar-refractivity contribution is 4.84. The van der Waals surface area contributed by atoms with Crippen molar-refractivity contribution in [3.8, 4) is 0 Å². The summed E-state index contributed by atoms with van der Waals surface area (Å²) in [5.74, 6) is 4.00. The normalized spacial score (nSPS) is 46.6. The lowest BCUT2D eigenvalue weighted by atomic mass is 9.71. The Bertz CT molecular complexity index is 151. The quantitative estimate of drug-likeness (QED) is 0.656. The standard InChI is InChI=1S/C12H23N/c1-9-5-10(2)7-12(6-9)11-3-4-13-8-11/h9-13H,3-8H2,1-2H3. The monoisotopic (exact) mass is 181 g/mol. The lowest BCUT2D eigenvalue weighted by Crippen LogP contribution is -2.27. The summed E-state index contributed by atoms with van der Waals surface area (Å²) in [6.45, 7) is 7.43. The molecule has 76 valence electrons. The van der Waals surface area contributed by atoms with Crippen LogP contribution in [-0.2, 0) is 0 Å². The van der Waals surface area contributed by atoms with E-state index in [0.717, 1.165) is 23.7 Å². The second-order valence-electron chi connectivity index (χ2n) is 5.43. The van der Waals surface area contributed by atoms with Gasteiger partial charge in [0, 0.05) is 0 Å². The van der Waals surface area contributed by atoms with E-state index in [1.807, 2.05) is 0 Å². The molecular weight excluding hydrogens is 158 g/mol. The van der Waals surface area contributed by atoms with Crippen LogP contribution >= 0.6 is 0 Å². The van der Waals surface area contributed by atoms with Crippen LogP contribution in [0, 0.1) is 23.7 Å². The molecule has 0 amide bonds. The van der Waals surface area contributed by atoms with E-state index in [2.05, 4.69) is 19.2 Å². The van der Waals surface area contributed by atoms with Gasteiger partial charge in [-0.3, -0.25) is 0 Å². The molecule has 0 spiro atoms. The molecular formula is C12H23N. The van der Waals surface area contributed by atoms with Crippen LogP contribution in [0.2, 0.25) is 0 Å². The molecule has 2 rings (SSSR count). The van der Waals surface area contributed by atoms with Gasteiger partial charge in [0.25, 0.3) is 0 Å². The summed E-state index contributed by atoms with van der Waals surface area (Å²) in [5.41, 5.74) is 0. The van der Waals surface area contributed by atoms with Crippen LogP contribution in [0.3, 0.4) is 0 Å². The van der Waals surface area contributed by atoms with Gasteiger partial charge in [-0.15, -0.1) is 0 Å². The van der Waals surface area contributed by atoms with Crippen molar-refractivity contribution in [3.63, 3.8) is 0 Å². The summed E-state index contributed by atoms with van der Waals surface area (Å²) in [4.78, 5) is 0. The second kappa shape index (κ2) is 4.00. The van der Waals surface area contributed by atoms with Crippen molar-refractivity contribution in [1.29, 1.82) is 0 Å². The van der Waals surface area contributed by atoms with Gasteiger partial charge in [-0.1, -0.05) is 13.8 Å². The molecule has 3 atom stereocenters. The van der Waals surface area contributed by atoms with Crippen LogP contribution in [0.15, 0.2) is 0 Å². The van der Waals surface area contributed by atoms with Gasteiger partial charge in [-0.25, -0.2) is 0 Å². The average molecular weight is 181 g/mol. The van der Waals surface area contributed by atoms with Gasteiger partial charge in [0.05, 0.1) is 0 Å². The molecule has 1 aliphatic heterocycles. The maximum Gasteiger partial charge on any atom is -0.00174 e. The highest BCUT2D eigenvalue weighted by atomic mass is 14.9. The van der Waals surface area contributed by atoms with Crippen LogP contribution < -0.4 is 5.32 Å². The fraction of sp³-hybridized carbons (Fsp3) is 1.00. The Balaban J connectivity index is 1.90. The summed E-state index contributed by atoms with van der Waals surface area (Å²) in [6.07, 6.45) is 5.90. The van der Waals surface area contributed by atoms with Crippen molar-refractivity contribution in [2.24, 2.45) is 23.7 Å². The Labute approximate surface area is 82.3 Å². The molecule has 0 aromatic rings. The third kappa shape index (κ3) is 2.25. The molecule has 1 heterocycles. The molecule has 1 saturated heterocycles. The molecule has 1 saturated carbocycles. The first-order valence-electron chi connectivity index (χ1n) is 5.96. The van der Waals surface area contributed by atoms with Crippen LogP contribution in [-0.4, -0.2) is 13.1 Å². The molecule has 0 aromatic carbocycles. The minimum atomic E-state index is 0.981. The number of rotatable bonds is 1. The van der Waals surface area contributed by atoms with Crippen LogP contribution in [0.1, 0.15) is 39.5 Å². The van der Waals surface area contributed by atoms with Gasteiger partial charge in [0.1, 0.15) is 0 Å². The molecule has 0 radical (unpaired) electrons. The predicted octanol–water partition coefficient (Wildman–Crippen LogP) is 2.67. The highest BCUT2D eigenvalue weighted by Gasteiger charge is 2.31. The van der Waals surface area contributed by atoms with E-state index in [-0.39, 0.29) is 0 Å². The zero-order chi connectivity index (χ0) is 9.26. The van der Waals surface area contributed by atoms with Gasteiger partial charge in [-0.05, 0) is 62.4 Å². The zero-order valence-corrected chi connectivity index (χ0v) is 9.05. The predicted molar refractivity (Wildman–Crippen MR) is 56.6 cm³/mol. The molecule has 2 aliphatic rings. The Hall–Kier alpha value is -0.0400. The molecule has 0 bridgehead atoms. The molecule has 1 heteroatoms. The third-order valence-electron chi connectivity index (χ3n) is 3.98. The average Bonchev–Trinajstić information content (AvgIpc) is 2.53. The van der Waals surface area contributed by atoms with Gasteiger partial charge < -0.3 is 5.32 Å². The minimum absolute atomic E-state index is 0.981. The summed E-state index contributed by atoms with van der Waals surface area (Å²) >= 11 is 0.